The summed E-state index contributed by atoms with van der Waals surface area (Å²) in [5, 5.41) is 3.68. The van der Waals surface area contributed by atoms with E-state index in [1.54, 1.807) is 44.7 Å². The Balaban J connectivity index is 1.95. The number of carbonyl (C=O) groups is 1. The molecule has 0 radical (unpaired) electrons. The number of fused-ring (bicyclic) bond motifs is 1. The number of nitrogens with zero attached hydrogens (tertiary/aromatic N) is 1. The Morgan fingerprint density at radius 3 is 2.65 bits per heavy atom. The standard InChI is InChI=1S/C18H16N2O3/c1-22-12-7-8-16(17(11-12)23-2)20-18(21)14-9-10-19-15-6-4-3-5-13(14)15/h3-11H,1-2H3,(H,20,21). The lowest BCUT2D eigenvalue weighted by Crippen LogP contribution is -2.13. The molecule has 0 fully saturated rings. The maximum Gasteiger partial charge on any atom is 0.256 e. The number of aromatic nitrogens is 1. The molecule has 1 heterocycles. The van der Waals surface area contributed by atoms with Gasteiger partial charge in [0.05, 0.1) is 31.0 Å². The molecule has 0 saturated heterocycles. The Labute approximate surface area is 133 Å². The van der Waals surface area contributed by atoms with Gasteiger partial charge in [0.2, 0.25) is 0 Å². The molecule has 1 N–H and O–H groups in total. The van der Waals surface area contributed by atoms with E-state index in [1.807, 2.05) is 24.3 Å². The second-order valence-corrected chi connectivity index (χ2v) is 4.90. The summed E-state index contributed by atoms with van der Waals surface area (Å²) in [5.74, 6) is 0.984. The van der Waals surface area contributed by atoms with E-state index in [0.29, 0.717) is 22.7 Å². The first-order valence-electron chi connectivity index (χ1n) is 7.10. The van der Waals surface area contributed by atoms with Crippen LogP contribution in [0.4, 0.5) is 5.69 Å². The van der Waals surface area contributed by atoms with Crippen LogP contribution in [0.15, 0.2) is 54.7 Å². The van der Waals surface area contributed by atoms with E-state index < -0.39 is 0 Å². The summed E-state index contributed by atoms with van der Waals surface area (Å²) in [6.45, 7) is 0. The number of benzene rings is 2. The first-order valence-corrected chi connectivity index (χ1v) is 7.10. The predicted octanol–water partition coefficient (Wildman–Crippen LogP) is 3.50. The number of rotatable bonds is 4. The zero-order valence-electron chi connectivity index (χ0n) is 12.9. The van der Waals surface area contributed by atoms with Crippen molar-refractivity contribution in [1.29, 1.82) is 0 Å². The molecule has 0 atom stereocenters. The smallest absolute Gasteiger partial charge is 0.256 e. The average Bonchev–Trinajstić information content (AvgIpc) is 2.61. The van der Waals surface area contributed by atoms with Crippen LogP contribution in [-0.4, -0.2) is 25.1 Å². The zero-order valence-corrected chi connectivity index (χ0v) is 12.9. The van der Waals surface area contributed by atoms with Crippen LogP contribution in [0.25, 0.3) is 10.9 Å². The molecule has 3 aromatic rings. The summed E-state index contributed by atoms with van der Waals surface area (Å²) in [7, 11) is 3.13. The first kappa shape index (κ1) is 14.8. The van der Waals surface area contributed by atoms with Crippen LogP contribution < -0.4 is 14.8 Å². The SMILES string of the molecule is COc1ccc(NC(=O)c2ccnc3ccccc23)c(OC)c1. The predicted molar refractivity (Wildman–Crippen MR) is 89.2 cm³/mol. The summed E-state index contributed by atoms with van der Waals surface area (Å²) in [6.07, 6.45) is 1.63. The third kappa shape index (κ3) is 2.94. The summed E-state index contributed by atoms with van der Waals surface area (Å²) in [6, 6.07) is 14.5. The molecule has 2 aromatic carbocycles. The van der Waals surface area contributed by atoms with Crippen molar-refractivity contribution >= 4 is 22.5 Å². The van der Waals surface area contributed by atoms with Gasteiger partial charge in [-0.05, 0) is 24.3 Å². The van der Waals surface area contributed by atoms with Gasteiger partial charge < -0.3 is 14.8 Å². The van der Waals surface area contributed by atoms with Gasteiger partial charge in [-0.15, -0.1) is 0 Å². The van der Waals surface area contributed by atoms with E-state index in [-0.39, 0.29) is 5.91 Å². The van der Waals surface area contributed by atoms with Crippen molar-refractivity contribution in [3.05, 3.63) is 60.3 Å². The number of carbonyl (C=O) groups excluding carboxylic acids is 1. The zero-order chi connectivity index (χ0) is 16.2. The molecule has 0 aliphatic carbocycles. The summed E-state index contributed by atoms with van der Waals surface area (Å²) >= 11 is 0. The quantitative estimate of drug-likeness (QED) is 0.801. The second-order valence-electron chi connectivity index (χ2n) is 4.90. The molecule has 5 nitrogen and oxygen atoms in total. The first-order chi connectivity index (χ1) is 11.2. The van der Waals surface area contributed by atoms with Crippen molar-refractivity contribution in [3.8, 4) is 11.5 Å². The molecule has 3 rings (SSSR count). The highest BCUT2D eigenvalue weighted by Gasteiger charge is 2.13. The normalized spacial score (nSPS) is 10.3. The van der Waals surface area contributed by atoms with E-state index in [2.05, 4.69) is 10.3 Å². The lowest BCUT2D eigenvalue weighted by atomic mass is 10.1. The van der Waals surface area contributed by atoms with Crippen molar-refractivity contribution in [1.82, 2.24) is 4.98 Å². The van der Waals surface area contributed by atoms with Crippen LogP contribution in [-0.2, 0) is 0 Å². The molecule has 1 aromatic heterocycles. The average molecular weight is 308 g/mol. The fourth-order valence-corrected chi connectivity index (χ4v) is 2.39. The molecule has 0 saturated carbocycles. The lowest BCUT2D eigenvalue weighted by Gasteiger charge is -2.12. The van der Waals surface area contributed by atoms with Crippen LogP contribution in [0.5, 0.6) is 11.5 Å². The van der Waals surface area contributed by atoms with Crippen LogP contribution in [0.1, 0.15) is 10.4 Å². The molecule has 1 amide bonds. The Morgan fingerprint density at radius 2 is 1.87 bits per heavy atom. The van der Waals surface area contributed by atoms with Gasteiger partial charge in [0.15, 0.2) is 0 Å². The van der Waals surface area contributed by atoms with Crippen molar-refractivity contribution in [2.45, 2.75) is 0 Å². The van der Waals surface area contributed by atoms with Gasteiger partial charge >= 0.3 is 0 Å². The maximum atomic E-state index is 12.6. The van der Waals surface area contributed by atoms with Crippen LogP contribution in [0, 0.1) is 0 Å². The van der Waals surface area contributed by atoms with Crippen molar-refractivity contribution in [2.75, 3.05) is 19.5 Å². The maximum absolute atomic E-state index is 12.6. The number of pyridine rings is 1. The molecule has 0 unspecified atom stereocenters. The number of hydrogen-bond acceptors (Lipinski definition) is 4. The molecule has 0 aliphatic heterocycles. The molecular formula is C18H16N2O3. The topological polar surface area (TPSA) is 60.5 Å². The number of hydrogen-bond donors (Lipinski definition) is 1. The van der Waals surface area contributed by atoms with Gasteiger partial charge in [0, 0.05) is 17.6 Å². The summed E-state index contributed by atoms with van der Waals surface area (Å²) < 4.78 is 10.5. The fourth-order valence-electron chi connectivity index (χ4n) is 2.39. The molecular weight excluding hydrogens is 292 g/mol. The van der Waals surface area contributed by atoms with Crippen LogP contribution in [0.3, 0.4) is 0 Å². The van der Waals surface area contributed by atoms with Gasteiger partial charge in [-0.2, -0.15) is 0 Å². The Hall–Kier alpha value is -3.08. The highest BCUT2D eigenvalue weighted by molar-refractivity contribution is 6.12. The molecule has 0 spiro atoms. The number of ether oxygens (including phenoxy) is 2. The largest absolute Gasteiger partial charge is 0.497 e. The second kappa shape index (κ2) is 6.36. The van der Waals surface area contributed by atoms with E-state index >= 15 is 0 Å². The minimum atomic E-state index is -0.216. The molecule has 23 heavy (non-hydrogen) atoms. The Bertz CT molecular complexity index is 857. The lowest BCUT2D eigenvalue weighted by molar-refractivity contribution is 0.102. The van der Waals surface area contributed by atoms with Crippen molar-refractivity contribution in [3.63, 3.8) is 0 Å². The van der Waals surface area contributed by atoms with Gasteiger partial charge in [0.1, 0.15) is 11.5 Å². The van der Waals surface area contributed by atoms with E-state index in [0.717, 1.165) is 10.9 Å². The highest BCUT2D eigenvalue weighted by Crippen LogP contribution is 2.29. The van der Waals surface area contributed by atoms with E-state index in [9.17, 15) is 4.79 Å². The Morgan fingerprint density at radius 1 is 1.04 bits per heavy atom. The minimum absolute atomic E-state index is 0.216. The van der Waals surface area contributed by atoms with E-state index in [1.165, 1.54) is 0 Å². The summed E-state index contributed by atoms with van der Waals surface area (Å²) in [5.41, 5.74) is 1.93. The molecule has 0 bridgehead atoms. The van der Waals surface area contributed by atoms with Crippen LogP contribution in [0.2, 0.25) is 0 Å². The number of anilines is 1. The summed E-state index contributed by atoms with van der Waals surface area (Å²) in [4.78, 5) is 16.9. The minimum Gasteiger partial charge on any atom is -0.497 e. The molecule has 0 aliphatic rings. The number of nitrogens with one attached hydrogen (secondary N) is 1. The number of methoxy groups -OCH3 is 2. The monoisotopic (exact) mass is 308 g/mol. The van der Waals surface area contributed by atoms with Gasteiger partial charge in [-0.3, -0.25) is 9.78 Å². The molecule has 116 valence electrons. The highest BCUT2D eigenvalue weighted by atomic mass is 16.5. The fraction of sp³-hybridized carbons (Fsp3) is 0.111. The van der Waals surface area contributed by atoms with Crippen LogP contribution >= 0.6 is 0 Å². The van der Waals surface area contributed by atoms with Gasteiger partial charge in [-0.25, -0.2) is 0 Å². The van der Waals surface area contributed by atoms with Gasteiger partial charge in [-0.1, -0.05) is 18.2 Å². The van der Waals surface area contributed by atoms with Crippen molar-refractivity contribution < 1.29 is 14.3 Å². The molecule has 5 heteroatoms. The number of amides is 1. The Kier molecular flexibility index (Phi) is 4.10. The number of para-hydroxylation sites is 1. The van der Waals surface area contributed by atoms with Gasteiger partial charge in [0.25, 0.3) is 5.91 Å². The third-order valence-corrected chi connectivity index (χ3v) is 3.55. The third-order valence-electron chi connectivity index (χ3n) is 3.55. The van der Waals surface area contributed by atoms with Crippen molar-refractivity contribution in [2.24, 2.45) is 0 Å². The van der Waals surface area contributed by atoms with E-state index in [4.69, 9.17) is 9.47 Å².